The lowest BCUT2D eigenvalue weighted by Crippen LogP contribution is -2.16. The van der Waals surface area contributed by atoms with E-state index in [1.54, 1.807) is 0 Å². The molecule has 0 aliphatic carbocycles. The molecule has 0 atom stereocenters. The van der Waals surface area contributed by atoms with Crippen LogP contribution in [0.25, 0.3) is 0 Å². The van der Waals surface area contributed by atoms with Crippen LogP contribution in [0.2, 0.25) is 0 Å². The van der Waals surface area contributed by atoms with E-state index in [-0.39, 0.29) is 0 Å². The van der Waals surface area contributed by atoms with Gasteiger partial charge in [-0.15, -0.1) is 0 Å². The second-order valence-electron chi connectivity index (χ2n) is 2.62. The summed E-state index contributed by atoms with van der Waals surface area (Å²) in [7, 11) is 0. The molecule has 0 amide bonds. The van der Waals surface area contributed by atoms with Gasteiger partial charge < -0.3 is 14.2 Å². The van der Waals surface area contributed by atoms with Crippen LogP contribution < -0.4 is 0 Å². The van der Waals surface area contributed by atoms with E-state index in [1.807, 2.05) is 0 Å². The Balaban J connectivity index is 0.000000127. The summed E-state index contributed by atoms with van der Waals surface area (Å²) in [5.41, 5.74) is 0. The van der Waals surface area contributed by atoms with Crippen LogP contribution in [-0.4, -0.2) is 32.6 Å². The molecule has 2 aliphatic heterocycles. The fourth-order valence-electron chi connectivity index (χ4n) is 0.922. The number of cyclic esters (lactones) is 2. The van der Waals surface area contributed by atoms with Gasteiger partial charge in [-0.3, -0.25) is 0 Å². The SMILES string of the molecule is C1CCOC1.O=C1OCCCO1. The molecule has 70 valence electrons. The number of carbonyl (C=O) groups excluding carboxylic acids is 1. The summed E-state index contributed by atoms with van der Waals surface area (Å²) in [5.74, 6) is 0. The molecule has 0 spiro atoms. The molecule has 12 heavy (non-hydrogen) atoms. The zero-order chi connectivity index (χ0) is 8.65. The maximum Gasteiger partial charge on any atom is 0.508 e. The molecule has 2 heterocycles. The maximum absolute atomic E-state index is 10.0. The van der Waals surface area contributed by atoms with E-state index in [1.165, 1.54) is 12.8 Å². The predicted octanol–water partition coefficient (Wildman–Crippen LogP) is 1.34. The highest BCUT2D eigenvalue weighted by Crippen LogP contribution is 1.98. The van der Waals surface area contributed by atoms with Crippen molar-refractivity contribution in [1.29, 1.82) is 0 Å². The standard InChI is InChI=1S/C4H6O3.C4H8O/c5-4-6-2-1-3-7-4;1-2-4-5-3-1/h1-3H2;1-4H2. The summed E-state index contributed by atoms with van der Waals surface area (Å²) in [4.78, 5) is 10.0. The van der Waals surface area contributed by atoms with Gasteiger partial charge in [0, 0.05) is 19.6 Å². The quantitative estimate of drug-likeness (QED) is 0.520. The Bertz CT molecular complexity index is 115. The van der Waals surface area contributed by atoms with Crippen LogP contribution in [0, 0.1) is 0 Å². The summed E-state index contributed by atoms with van der Waals surface area (Å²) >= 11 is 0. The first kappa shape index (κ1) is 9.32. The first-order valence-corrected chi connectivity index (χ1v) is 4.27. The minimum atomic E-state index is -0.536. The number of hydrogen-bond donors (Lipinski definition) is 0. The molecule has 2 fully saturated rings. The van der Waals surface area contributed by atoms with Gasteiger partial charge in [0.05, 0.1) is 13.2 Å². The van der Waals surface area contributed by atoms with Crippen molar-refractivity contribution in [2.75, 3.05) is 26.4 Å². The Kier molecular flexibility index (Phi) is 4.52. The molecule has 0 bridgehead atoms. The summed E-state index contributed by atoms with van der Waals surface area (Å²) in [6.07, 6.45) is 2.84. The highest BCUT2D eigenvalue weighted by Gasteiger charge is 2.07. The summed E-state index contributed by atoms with van der Waals surface area (Å²) < 4.78 is 13.8. The summed E-state index contributed by atoms with van der Waals surface area (Å²) in [5, 5.41) is 0. The molecule has 0 aromatic rings. The van der Waals surface area contributed by atoms with Crippen LogP contribution in [-0.2, 0) is 14.2 Å². The largest absolute Gasteiger partial charge is 0.508 e. The topological polar surface area (TPSA) is 44.8 Å². The molecule has 4 nitrogen and oxygen atoms in total. The third-order valence-electron chi connectivity index (χ3n) is 1.56. The molecule has 2 rings (SSSR count). The normalized spacial score (nSPS) is 21.8. The molecule has 0 N–H and O–H groups in total. The number of carbonyl (C=O) groups is 1. The lowest BCUT2D eigenvalue weighted by Gasteiger charge is -2.09. The first-order valence-electron chi connectivity index (χ1n) is 4.27. The molecular weight excluding hydrogens is 160 g/mol. The van der Waals surface area contributed by atoms with Crippen LogP contribution in [0.3, 0.4) is 0 Å². The predicted molar refractivity (Wildman–Crippen MR) is 42.0 cm³/mol. The van der Waals surface area contributed by atoms with E-state index in [9.17, 15) is 4.79 Å². The van der Waals surface area contributed by atoms with Crippen LogP contribution in [0.15, 0.2) is 0 Å². The van der Waals surface area contributed by atoms with Crippen molar-refractivity contribution in [1.82, 2.24) is 0 Å². The minimum absolute atomic E-state index is 0.513. The fourth-order valence-corrected chi connectivity index (χ4v) is 0.922. The van der Waals surface area contributed by atoms with Gasteiger partial charge in [-0.25, -0.2) is 4.79 Å². The lowest BCUT2D eigenvalue weighted by atomic mass is 10.4. The third-order valence-corrected chi connectivity index (χ3v) is 1.56. The zero-order valence-corrected chi connectivity index (χ0v) is 7.08. The smallest absolute Gasteiger partial charge is 0.434 e. The van der Waals surface area contributed by atoms with E-state index in [0.717, 1.165) is 19.6 Å². The van der Waals surface area contributed by atoms with Gasteiger partial charge in [-0.1, -0.05) is 0 Å². The van der Waals surface area contributed by atoms with Crippen LogP contribution in [0.5, 0.6) is 0 Å². The lowest BCUT2D eigenvalue weighted by molar-refractivity contribution is 0.0192. The molecule has 0 unspecified atom stereocenters. The molecule has 0 radical (unpaired) electrons. The summed E-state index contributed by atoms with van der Waals surface area (Å²) in [6.45, 7) is 3.03. The minimum Gasteiger partial charge on any atom is -0.434 e. The van der Waals surface area contributed by atoms with E-state index in [4.69, 9.17) is 4.74 Å². The Morgan fingerprint density at radius 1 is 0.833 bits per heavy atom. The molecule has 4 heteroatoms. The van der Waals surface area contributed by atoms with Crippen LogP contribution in [0.4, 0.5) is 4.79 Å². The van der Waals surface area contributed by atoms with Gasteiger partial charge in [0.25, 0.3) is 0 Å². The Labute approximate surface area is 71.8 Å². The Morgan fingerprint density at radius 2 is 1.42 bits per heavy atom. The molecular formula is C8H14O4. The van der Waals surface area contributed by atoms with Crippen molar-refractivity contribution < 1.29 is 19.0 Å². The zero-order valence-electron chi connectivity index (χ0n) is 7.08. The molecule has 2 aliphatic rings. The number of rotatable bonds is 0. The van der Waals surface area contributed by atoms with E-state index < -0.39 is 6.16 Å². The monoisotopic (exact) mass is 174 g/mol. The van der Waals surface area contributed by atoms with Crippen molar-refractivity contribution in [2.45, 2.75) is 19.3 Å². The Hall–Kier alpha value is -0.770. The third kappa shape index (κ3) is 4.18. The average Bonchev–Trinajstić information content (AvgIpc) is 2.62. The van der Waals surface area contributed by atoms with Crippen molar-refractivity contribution >= 4 is 6.16 Å². The van der Waals surface area contributed by atoms with E-state index >= 15 is 0 Å². The van der Waals surface area contributed by atoms with Crippen molar-refractivity contribution in [2.24, 2.45) is 0 Å². The highest BCUT2D eigenvalue weighted by molar-refractivity contribution is 5.60. The molecule has 0 aromatic heterocycles. The maximum atomic E-state index is 10.0. The van der Waals surface area contributed by atoms with Gasteiger partial charge >= 0.3 is 6.16 Å². The molecule has 0 aromatic carbocycles. The van der Waals surface area contributed by atoms with Gasteiger partial charge in [0.1, 0.15) is 0 Å². The second-order valence-corrected chi connectivity index (χ2v) is 2.62. The van der Waals surface area contributed by atoms with E-state index in [2.05, 4.69) is 9.47 Å². The first-order chi connectivity index (χ1) is 5.89. The average molecular weight is 174 g/mol. The second kappa shape index (κ2) is 5.83. The number of ether oxygens (including phenoxy) is 3. The van der Waals surface area contributed by atoms with Crippen molar-refractivity contribution in [3.8, 4) is 0 Å². The van der Waals surface area contributed by atoms with Crippen LogP contribution in [0.1, 0.15) is 19.3 Å². The highest BCUT2D eigenvalue weighted by atomic mass is 16.7. The van der Waals surface area contributed by atoms with Gasteiger partial charge in [0.2, 0.25) is 0 Å². The molecule has 0 saturated carbocycles. The van der Waals surface area contributed by atoms with Gasteiger partial charge in [-0.05, 0) is 12.8 Å². The van der Waals surface area contributed by atoms with Crippen molar-refractivity contribution in [3.05, 3.63) is 0 Å². The molecule has 2 saturated heterocycles. The number of hydrogen-bond acceptors (Lipinski definition) is 4. The Morgan fingerprint density at radius 3 is 1.67 bits per heavy atom. The van der Waals surface area contributed by atoms with Gasteiger partial charge in [-0.2, -0.15) is 0 Å². The summed E-state index contributed by atoms with van der Waals surface area (Å²) in [6, 6.07) is 0. The fraction of sp³-hybridized carbons (Fsp3) is 0.875. The van der Waals surface area contributed by atoms with Gasteiger partial charge in [0.15, 0.2) is 0 Å². The van der Waals surface area contributed by atoms with Crippen molar-refractivity contribution in [3.63, 3.8) is 0 Å². The van der Waals surface area contributed by atoms with Crippen LogP contribution >= 0.6 is 0 Å². The van der Waals surface area contributed by atoms with E-state index in [0.29, 0.717) is 13.2 Å².